The van der Waals surface area contributed by atoms with Gasteiger partial charge in [-0.05, 0) is 96.4 Å². The van der Waals surface area contributed by atoms with E-state index in [1.165, 1.54) is 37.6 Å². The van der Waals surface area contributed by atoms with Crippen molar-refractivity contribution in [2.45, 2.75) is 37.8 Å². The maximum Gasteiger partial charge on any atom is 0.415 e. The van der Waals surface area contributed by atoms with E-state index in [2.05, 4.69) is 4.90 Å². The fraction of sp³-hybridized carbons (Fsp3) is 0.279. The minimum Gasteiger partial charge on any atom is -0.493 e. The van der Waals surface area contributed by atoms with Gasteiger partial charge in [-0.2, -0.15) is 0 Å². The Balaban J connectivity index is 1.27. The molecule has 3 saturated heterocycles. The molecule has 0 radical (unpaired) electrons. The summed E-state index contributed by atoms with van der Waals surface area (Å²) in [6.45, 7) is 2.69. The molecule has 0 aliphatic carbocycles. The van der Waals surface area contributed by atoms with Crippen LogP contribution in [0.15, 0.2) is 97.3 Å². The molecule has 5 aromatic rings. The Morgan fingerprint density at radius 3 is 2.25 bits per heavy atom. The van der Waals surface area contributed by atoms with E-state index in [9.17, 15) is 19.9 Å². The van der Waals surface area contributed by atoms with Crippen LogP contribution in [0.4, 0.5) is 14.9 Å². The minimum absolute atomic E-state index is 0.0350. The second-order valence-electron chi connectivity index (χ2n) is 14.1. The number of aromatic nitrogens is 1. The number of nitrogens with zero attached hydrogens (tertiary/aromatic N) is 3. The number of fused-ring (bicyclic) bond motifs is 3. The van der Waals surface area contributed by atoms with Crippen molar-refractivity contribution in [3.63, 3.8) is 0 Å². The molecule has 1 aromatic heterocycles. The molecule has 290 valence electrons. The van der Waals surface area contributed by atoms with Gasteiger partial charge in [-0.3, -0.25) is 15.0 Å². The number of aromatic carboxylic acids is 1. The fourth-order valence-corrected chi connectivity index (χ4v) is 8.51. The predicted octanol–water partition coefficient (Wildman–Crippen LogP) is 8.65. The van der Waals surface area contributed by atoms with Crippen LogP contribution in [0.25, 0.3) is 11.1 Å². The highest BCUT2D eigenvalue weighted by Gasteiger charge is 2.38. The normalized spacial score (nSPS) is 17.9. The molecule has 3 aliphatic rings. The number of methoxy groups -OCH3 is 2. The van der Waals surface area contributed by atoms with Crippen LogP contribution < -0.4 is 19.1 Å². The Bertz CT molecular complexity index is 2220. The number of halogens is 3. The van der Waals surface area contributed by atoms with Gasteiger partial charge in [0.15, 0.2) is 11.5 Å². The second-order valence-corrected chi connectivity index (χ2v) is 14.9. The summed E-state index contributed by atoms with van der Waals surface area (Å²) in [7, 11) is 3.05. The number of carbonyl (C=O) groups is 2. The van der Waals surface area contributed by atoms with Crippen molar-refractivity contribution in [3.05, 3.63) is 141 Å². The fourth-order valence-electron chi connectivity index (χ4n) is 7.90. The zero-order valence-corrected chi connectivity index (χ0v) is 32.3. The van der Waals surface area contributed by atoms with Crippen LogP contribution in [0, 0.1) is 11.7 Å². The van der Waals surface area contributed by atoms with Gasteiger partial charge < -0.3 is 19.3 Å². The van der Waals surface area contributed by atoms with Crippen LogP contribution in [0.1, 0.15) is 51.4 Å². The first-order chi connectivity index (χ1) is 27.0. The van der Waals surface area contributed by atoms with Crippen LogP contribution in [0.5, 0.6) is 11.5 Å². The zero-order chi connectivity index (χ0) is 39.5. The minimum atomic E-state index is -1.13. The molecule has 0 saturated carbocycles. The quantitative estimate of drug-likeness (QED) is 0.0953. The third-order valence-corrected chi connectivity index (χ3v) is 11.4. The summed E-state index contributed by atoms with van der Waals surface area (Å²) in [6.07, 6.45) is 3.84. The largest absolute Gasteiger partial charge is 0.493 e. The number of carbonyl (C=O) groups excluding carboxylic acids is 1. The summed E-state index contributed by atoms with van der Waals surface area (Å²) < 4.78 is 33.2. The molecule has 8 rings (SSSR count). The van der Waals surface area contributed by atoms with Crippen molar-refractivity contribution >= 4 is 41.0 Å². The molecular formula is C43H41Cl2FN3O7+. The number of para-hydroxylation sites is 1. The van der Waals surface area contributed by atoms with Gasteiger partial charge in [-0.25, -0.2) is 14.0 Å². The van der Waals surface area contributed by atoms with E-state index in [1.54, 1.807) is 42.5 Å². The van der Waals surface area contributed by atoms with Gasteiger partial charge >= 0.3 is 12.1 Å². The first-order valence-corrected chi connectivity index (χ1v) is 19.0. The molecule has 1 amide bonds. The number of carboxylic acids is 1. The van der Waals surface area contributed by atoms with Crippen LogP contribution in [0.2, 0.25) is 10.0 Å². The van der Waals surface area contributed by atoms with Crippen LogP contribution >= 0.6 is 23.2 Å². The number of hydrogen-bond donors (Lipinski definition) is 2. The molecule has 4 aromatic carbocycles. The van der Waals surface area contributed by atoms with E-state index in [4.69, 9.17) is 37.4 Å². The third-order valence-electron chi connectivity index (χ3n) is 10.8. The van der Waals surface area contributed by atoms with Gasteiger partial charge in [0.1, 0.15) is 22.0 Å². The highest BCUT2D eigenvalue weighted by molar-refractivity contribution is 6.35. The van der Waals surface area contributed by atoms with Gasteiger partial charge in [0.05, 0.1) is 32.0 Å². The summed E-state index contributed by atoms with van der Waals surface area (Å²) in [6, 6.07) is 23.9. The van der Waals surface area contributed by atoms with E-state index in [1.807, 2.05) is 36.4 Å². The van der Waals surface area contributed by atoms with Gasteiger partial charge in [0.2, 0.25) is 12.4 Å². The smallest absolute Gasteiger partial charge is 0.415 e. The number of amides is 1. The maximum atomic E-state index is 15.2. The van der Waals surface area contributed by atoms with Crippen molar-refractivity contribution in [2.24, 2.45) is 5.92 Å². The Labute approximate surface area is 334 Å². The third kappa shape index (κ3) is 8.11. The van der Waals surface area contributed by atoms with Crippen LogP contribution in [-0.2, 0) is 17.7 Å². The molecule has 3 fully saturated rings. The average Bonchev–Trinajstić information content (AvgIpc) is 3.20. The molecule has 56 heavy (non-hydrogen) atoms. The maximum absolute atomic E-state index is 15.2. The highest BCUT2D eigenvalue weighted by Crippen LogP contribution is 2.43. The molecule has 2 N–H and O–H groups in total. The number of ether oxygens (including phenoxy) is 3. The van der Waals surface area contributed by atoms with Gasteiger partial charge in [-0.1, -0.05) is 77.8 Å². The Hall–Kier alpha value is -5.36. The lowest BCUT2D eigenvalue weighted by Gasteiger charge is -2.44. The summed E-state index contributed by atoms with van der Waals surface area (Å²) in [4.78, 5) is 30.4. The van der Waals surface area contributed by atoms with E-state index in [0.717, 1.165) is 30.7 Å². The molecule has 13 heteroatoms. The number of anilines is 1. The molecular weight excluding hydrogens is 760 g/mol. The SMILES string of the molecule is COc1ccc([C@H](Cc2c(Cl)c[n+](O)cc2Cl)c2c(C(=O)O)cccc2-c2ccc(CN(C(=O)O[C@H]3CN4CCC3CC4)c3ccccc3F)cc2)cc1OC. The molecule has 3 aliphatic heterocycles. The first-order valence-electron chi connectivity index (χ1n) is 18.3. The topological polar surface area (TPSA) is 113 Å². The van der Waals surface area contributed by atoms with E-state index >= 15 is 4.39 Å². The predicted molar refractivity (Wildman–Crippen MR) is 210 cm³/mol. The van der Waals surface area contributed by atoms with Crippen molar-refractivity contribution in [3.8, 4) is 22.6 Å². The standard InChI is InChI=1S/C43H40Cl2FN3O7/c1-54-38-15-14-29(20-39(38)55-2)32(21-33-34(44)23-48(53)24-35(33)45)41-30(6-5-7-31(41)42(50)51)27-12-10-26(11-13-27)22-49(37-9-4-3-8-36(37)46)43(52)56-40-25-47-18-16-28(40)17-19-47/h3-15,20,23-24,28,32,40H,16-19,21-22,25H2,1-2H3,(H-,50,51,53)/p+1/t32-,40-/m0/s1. The lowest BCUT2D eigenvalue weighted by atomic mass is 9.79. The molecule has 0 unspecified atom stereocenters. The molecule has 10 nitrogen and oxygen atoms in total. The van der Waals surface area contributed by atoms with E-state index in [0.29, 0.717) is 51.4 Å². The summed E-state index contributed by atoms with van der Waals surface area (Å²) in [5.41, 5.74) is 3.89. The Kier molecular flexibility index (Phi) is 11.7. The summed E-state index contributed by atoms with van der Waals surface area (Å²) in [5.74, 6) is -1.10. The number of benzene rings is 4. The van der Waals surface area contributed by atoms with Crippen LogP contribution in [-0.4, -0.2) is 67.2 Å². The number of rotatable bonds is 12. The van der Waals surface area contributed by atoms with E-state index < -0.39 is 23.8 Å². The van der Waals surface area contributed by atoms with Gasteiger partial charge in [0, 0.05) is 22.8 Å². The van der Waals surface area contributed by atoms with Crippen molar-refractivity contribution in [2.75, 3.05) is 38.8 Å². The average molecular weight is 802 g/mol. The Morgan fingerprint density at radius 2 is 1.62 bits per heavy atom. The number of carboxylic acid groups (broad SMARTS) is 1. The molecule has 0 spiro atoms. The lowest BCUT2D eigenvalue weighted by Crippen LogP contribution is -2.53. The van der Waals surface area contributed by atoms with Gasteiger partial charge in [0.25, 0.3) is 0 Å². The summed E-state index contributed by atoms with van der Waals surface area (Å²) in [5, 5.41) is 21.1. The number of pyridine rings is 1. The highest BCUT2D eigenvalue weighted by atomic mass is 35.5. The molecule has 2 atom stereocenters. The van der Waals surface area contributed by atoms with Crippen molar-refractivity contribution in [1.82, 2.24) is 4.90 Å². The summed E-state index contributed by atoms with van der Waals surface area (Å²) >= 11 is 13.3. The van der Waals surface area contributed by atoms with Crippen molar-refractivity contribution < 1.29 is 43.2 Å². The monoisotopic (exact) mass is 800 g/mol. The lowest BCUT2D eigenvalue weighted by molar-refractivity contribution is -0.904. The zero-order valence-electron chi connectivity index (χ0n) is 30.8. The van der Waals surface area contributed by atoms with Crippen LogP contribution in [0.3, 0.4) is 0 Å². The van der Waals surface area contributed by atoms with E-state index in [-0.39, 0.29) is 46.3 Å². The second kappa shape index (κ2) is 16.8. The number of piperidine rings is 3. The number of hydrogen-bond acceptors (Lipinski definition) is 7. The van der Waals surface area contributed by atoms with Gasteiger partial charge in [-0.15, -0.1) is 0 Å². The Morgan fingerprint density at radius 1 is 0.929 bits per heavy atom. The first kappa shape index (κ1) is 38.9. The molecule has 2 bridgehead atoms. The molecule has 4 heterocycles. The van der Waals surface area contributed by atoms with Crippen molar-refractivity contribution in [1.29, 1.82) is 0 Å².